The molecule has 18 heavy (non-hydrogen) atoms. The quantitative estimate of drug-likeness (QED) is 0.877. The number of hydrogen-bond donors (Lipinski definition) is 1. The second kappa shape index (κ2) is 4.17. The third kappa shape index (κ3) is 1.83. The number of aliphatic carboxylic acids is 1. The predicted octanol–water partition coefficient (Wildman–Crippen LogP) is 1.32. The molecule has 5 nitrogen and oxygen atoms in total. The molecule has 1 atom stereocenters. The molecule has 0 fully saturated rings. The summed E-state index contributed by atoms with van der Waals surface area (Å²) in [6.45, 7) is 1.27. The lowest BCUT2D eigenvalue weighted by Gasteiger charge is -2.09. The number of hydrogen-bond acceptors (Lipinski definition) is 3. The molecule has 0 aliphatic heterocycles. The van der Waals surface area contributed by atoms with Gasteiger partial charge in [-0.05, 0) is 19.1 Å². The summed E-state index contributed by atoms with van der Waals surface area (Å²) in [6.07, 6.45) is 1.12. The fourth-order valence-corrected chi connectivity index (χ4v) is 1.53. The first kappa shape index (κ1) is 12.2. The van der Waals surface area contributed by atoms with Crippen LogP contribution in [-0.4, -0.2) is 20.9 Å². The monoisotopic (exact) mass is 254 g/mol. The molecule has 1 aromatic heterocycles. The van der Waals surface area contributed by atoms with Crippen molar-refractivity contribution in [3.8, 4) is 0 Å². The molecule has 0 unspecified atom stereocenters. The number of carbonyl (C=O) groups is 1. The summed E-state index contributed by atoms with van der Waals surface area (Å²) < 4.78 is 26.7. The summed E-state index contributed by atoms with van der Waals surface area (Å²) in [7, 11) is 0. The van der Waals surface area contributed by atoms with Crippen LogP contribution in [0.3, 0.4) is 0 Å². The number of nitrogens with zero attached hydrogens (tertiary/aromatic N) is 2. The highest BCUT2D eigenvalue weighted by atomic mass is 19.2. The highest BCUT2D eigenvalue weighted by Crippen LogP contribution is 2.15. The van der Waals surface area contributed by atoms with Gasteiger partial charge in [-0.1, -0.05) is 0 Å². The molecule has 0 aliphatic carbocycles. The number of carboxylic acid groups (broad SMARTS) is 1. The molecular formula is C11H8F2N2O3. The van der Waals surface area contributed by atoms with E-state index in [2.05, 4.69) is 5.10 Å². The average molecular weight is 254 g/mol. The molecule has 1 aromatic carbocycles. The maximum absolute atomic E-state index is 13.1. The third-order valence-electron chi connectivity index (χ3n) is 2.58. The molecule has 0 amide bonds. The predicted molar refractivity (Wildman–Crippen MR) is 58.3 cm³/mol. The number of fused-ring (bicyclic) bond motifs is 1. The van der Waals surface area contributed by atoms with Gasteiger partial charge in [0.05, 0.1) is 11.6 Å². The van der Waals surface area contributed by atoms with Crippen molar-refractivity contribution in [3.05, 3.63) is 40.3 Å². The number of rotatable bonds is 2. The maximum Gasteiger partial charge on any atom is 0.328 e. The lowest BCUT2D eigenvalue weighted by molar-refractivity contribution is -0.140. The molecule has 0 radical (unpaired) electrons. The third-order valence-corrected chi connectivity index (χ3v) is 2.58. The molecule has 0 saturated carbocycles. The number of aromatic nitrogens is 2. The Bertz CT molecular complexity index is 696. The number of halogens is 2. The van der Waals surface area contributed by atoms with E-state index in [9.17, 15) is 18.4 Å². The van der Waals surface area contributed by atoms with Gasteiger partial charge in [-0.2, -0.15) is 5.10 Å². The Morgan fingerprint density at radius 1 is 1.39 bits per heavy atom. The minimum absolute atomic E-state index is 0.114. The van der Waals surface area contributed by atoms with Crippen LogP contribution in [0.2, 0.25) is 0 Å². The molecular weight excluding hydrogens is 246 g/mol. The highest BCUT2D eigenvalue weighted by Gasteiger charge is 2.18. The average Bonchev–Trinajstić information content (AvgIpc) is 2.31. The Kier molecular flexibility index (Phi) is 2.82. The lowest BCUT2D eigenvalue weighted by Crippen LogP contribution is -2.30. The van der Waals surface area contributed by atoms with Gasteiger partial charge >= 0.3 is 5.97 Å². The van der Waals surface area contributed by atoms with Crippen molar-refractivity contribution in [1.29, 1.82) is 0 Å². The van der Waals surface area contributed by atoms with E-state index in [1.165, 1.54) is 6.92 Å². The summed E-state index contributed by atoms with van der Waals surface area (Å²) in [5.41, 5.74) is -0.777. The summed E-state index contributed by atoms with van der Waals surface area (Å²) >= 11 is 0. The smallest absolute Gasteiger partial charge is 0.328 e. The van der Waals surface area contributed by atoms with Crippen LogP contribution in [-0.2, 0) is 4.79 Å². The highest BCUT2D eigenvalue weighted by molar-refractivity contribution is 5.81. The van der Waals surface area contributed by atoms with Gasteiger partial charge in [0, 0.05) is 5.39 Å². The van der Waals surface area contributed by atoms with Crippen LogP contribution >= 0.6 is 0 Å². The van der Waals surface area contributed by atoms with Crippen molar-refractivity contribution in [2.45, 2.75) is 13.0 Å². The van der Waals surface area contributed by atoms with Crippen LogP contribution in [0.4, 0.5) is 8.78 Å². The Morgan fingerprint density at radius 2 is 2.00 bits per heavy atom. The van der Waals surface area contributed by atoms with Crippen LogP contribution in [0.15, 0.2) is 23.1 Å². The van der Waals surface area contributed by atoms with Gasteiger partial charge in [0.25, 0.3) is 5.56 Å². The SMILES string of the molecule is C[C@H](C(=O)O)n1ncc2cc(F)c(F)cc2c1=O. The van der Waals surface area contributed by atoms with E-state index in [1.807, 2.05) is 0 Å². The lowest BCUT2D eigenvalue weighted by atomic mass is 10.2. The van der Waals surface area contributed by atoms with E-state index < -0.39 is 29.2 Å². The van der Waals surface area contributed by atoms with Gasteiger partial charge in [0.15, 0.2) is 17.7 Å². The van der Waals surface area contributed by atoms with Gasteiger partial charge in [-0.3, -0.25) is 4.79 Å². The van der Waals surface area contributed by atoms with Crippen molar-refractivity contribution < 1.29 is 18.7 Å². The Hall–Kier alpha value is -2.31. The normalized spacial score (nSPS) is 12.6. The van der Waals surface area contributed by atoms with E-state index >= 15 is 0 Å². The van der Waals surface area contributed by atoms with E-state index in [0.29, 0.717) is 4.68 Å². The van der Waals surface area contributed by atoms with Gasteiger partial charge in [-0.25, -0.2) is 18.3 Å². The van der Waals surface area contributed by atoms with Crippen LogP contribution in [0.25, 0.3) is 10.8 Å². The first-order valence-corrected chi connectivity index (χ1v) is 5.01. The summed E-state index contributed by atoms with van der Waals surface area (Å²) in [5.74, 6) is -3.50. The standard InChI is InChI=1S/C11H8F2N2O3/c1-5(11(17)18)15-10(16)7-3-9(13)8(12)2-6(7)4-14-15/h2-5H,1H3,(H,17,18)/t5-/m1/s1. The van der Waals surface area contributed by atoms with Crippen LogP contribution in [0.5, 0.6) is 0 Å². The Balaban J connectivity index is 2.75. The number of benzene rings is 1. The van der Waals surface area contributed by atoms with E-state index in [-0.39, 0.29) is 10.8 Å². The van der Waals surface area contributed by atoms with Crippen LogP contribution in [0.1, 0.15) is 13.0 Å². The van der Waals surface area contributed by atoms with Crippen molar-refractivity contribution >= 4 is 16.7 Å². The molecule has 94 valence electrons. The van der Waals surface area contributed by atoms with Gasteiger partial charge in [0.1, 0.15) is 0 Å². The van der Waals surface area contributed by atoms with Crippen molar-refractivity contribution in [2.24, 2.45) is 0 Å². The van der Waals surface area contributed by atoms with E-state index in [4.69, 9.17) is 5.11 Å². The zero-order chi connectivity index (χ0) is 13.4. The minimum Gasteiger partial charge on any atom is -0.480 e. The molecule has 1 heterocycles. The topological polar surface area (TPSA) is 72.2 Å². The maximum atomic E-state index is 13.1. The molecule has 0 aliphatic rings. The molecule has 2 aromatic rings. The second-order valence-electron chi connectivity index (χ2n) is 3.76. The van der Waals surface area contributed by atoms with E-state index in [1.54, 1.807) is 0 Å². The molecule has 0 spiro atoms. The zero-order valence-corrected chi connectivity index (χ0v) is 9.22. The van der Waals surface area contributed by atoms with Gasteiger partial charge in [0.2, 0.25) is 0 Å². The van der Waals surface area contributed by atoms with Crippen molar-refractivity contribution in [3.63, 3.8) is 0 Å². The van der Waals surface area contributed by atoms with Crippen molar-refractivity contribution in [1.82, 2.24) is 9.78 Å². The first-order valence-electron chi connectivity index (χ1n) is 5.01. The van der Waals surface area contributed by atoms with Crippen molar-refractivity contribution in [2.75, 3.05) is 0 Å². The fraction of sp³-hybridized carbons (Fsp3) is 0.182. The fourth-order valence-electron chi connectivity index (χ4n) is 1.53. The van der Waals surface area contributed by atoms with E-state index in [0.717, 1.165) is 18.3 Å². The van der Waals surface area contributed by atoms with Crippen LogP contribution < -0.4 is 5.56 Å². The molecule has 0 saturated heterocycles. The summed E-state index contributed by atoms with van der Waals surface area (Å²) in [4.78, 5) is 22.7. The molecule has 7 heteroatoms. The molecule has 0 bridgehead atoms. The van der Waals surface area contributed by atoms with Crippen LogP contribution in [0, 0.1) is 11.6 Å². The number of carboxylic acids is 1. The second-order valence-corrected chi connectivity index (χ2v) is 3.76. The largest absolute Gasteiger partial charge is 0.480 e. The molecule has 1 N–H and O–H groups in total. The van der Waals surface area contributed by atoms with Gasteiger partial charge in [-0.15, -0.1) is 0 Å². The summed E-state index contributed by atoms with van der Waals surface area (Å²) in [6, 6.07) is 0.393. The van der Waals surface area contributed by atoms with Gasteiger partial charge < -0.3 is 5.11 Å². The Morgan fingerprint density at radius 3 is 2.61 bits per heavy atom. The first-order chi connectivity index (χ1) is 8.41. The molecule has 2 rings (SSSR count). The summed E-state index contributed by atoms with van der Waals surface area (Å²) in [5, 5.41) is 12.4. The minimum atomic E-state index is -1.24. The Labute approximate surface area is 99.3 Å². The zero-order valence-electron chi connectivity index (χ0n) is 9.22.